The molecule has 2 nitrogen and oxygen atoms in total. The van der Waals surface area contributed by atoms with Gasteiger partial charge in [-0.25, -0.2) is 4.39 Å². The quantitative estimate of drug-likeness (QED) is 0.809. The van der Waals surface area contributed by atoms with Crippen LogP contribution in [0.15, 0.2) is 42.5 Å². The standard InChI is InChI=1S/C15H17FN2/c1-11-3-2-4-12(7-11)5-6-18-15-9-13(16)8-14(17)10-15/h2-4,7-10,18H,5-6,17H2,1H3. The number of aryl methyl sites for hydroxylation is 1. The van der Waals surface area contributed by atoms with Gasteiger partial charge in [-0.15, -0.1) is 0 Å². The summed E-state index contributed by atoms with van der Waals surface area (Å²) in [5, 5.41) is 3.17. The summed E-state index contributed by atoms with van der Waals surface area (Å²) in [5.74, 6) is -0.312. The molecule has 0 aliphatic rings. The van der Waals surface area contributed by atoms with Gasteiger partial charge < -0.3 is 11.1 Å². The molecule has 18 heavy (non-hydrogen) atoms. The number of hydrogen-bond acceptors (Lipinski definition) is 2. The molecular formula is C15H17FN2. The van der Waals surface area contributed by atoms with Gasteiger partial charge in [0.2, 0.25) is 0 Å². The zero-order valence-corrected chi connectivity index (χ0v) is 10.4. The van der Waals surface area contributed by atoms with Gasteiger partial charge in [0.1, 0.15) is 5.82 Å². The van der Waals surface area contributed by atoms with Gasteiger partial charge in [0, 0.05) is 17.9 Å². The Morgan fingerprint density at radius 2 is 2.00 bits per heavy atom. The number of anilines is 2. The fourth-order valence-electron chi connectivity index (χ4n) is 1.93. The lowest BCUT2D eigenvalue weighted by atomic mass is 10.1. The first-order chi connectivity index (χ1) is 8.63. The molecule has 0 unspecified atom stereocenters. The number of nitrogens with one attached hydrogen (secondary N) is 1. The van der Waals surface area contributed by atoms with Gasteiger partial charge in [-0.05, 0) is 37.1 Å². The molecular weight excluding hydrogens is 227 g/mol. The molecule has 0 fully saturated rings. The fourth-order valence-corrected chi connectivity index (χ4v) is 1.93. The van der Waals surface area contributed by atoms with Crippen LogP contribution in [-0.2, 0) is 6.42 Å². The topological polar surface area (TPSA) is 38.0 Å². The largest absolute Gasteiger partial charge is 0.399 e. The van der Waals surface area contributed by atoms with Gasteiger partial charge in [-0.2, -0.15) is 0 Å². The Morgan fingerprint density at radius 3 is 2.72 bits per heavy atom. The normalized spacial score (nSPS) is 10.3. The zero-order valence-electron chi connectivity index (χ0n) is 10.4. The molecule has 0 bridgehead atoms. The molecule has 3 N–H and O–H groups in total. The Hall–Kier alpha value is -2.03. The van der Waals surface area contributed by atoms with Crippen molar-refractivity contribution >= 4 is 11.4 Å². The number of rotatable bonds is 4. The van der Waals surface area contributed by atoms with E-state index in [1.54, 1.807) is 6.07 Å². The Balaban J connectivity index is 1.92. The van der Waals surface area contributed by atoms with Crippen LogP contribution in [0, 0.1) is 12.7 Å². The van der Waals surface area contributed by atoms with Crippen molar-refractivity contribution in [1.29, 1.82) is 0 Å². The first kappa shape index (κ1) is 12.4. The average Bonchev–Trinajstić information content (AvgIpc) is 2.27. The van der Waals surface area contributed by atoms with Crippen molar-refractivity contribution < 1.29 is 4.39 Å². The van der Waals surface area contributed by atoms with Crippen molar-refractivity contribution in [3.63, 3.8) is 0 Å². The third-order valence-corrected chi connectivity index (χ3v) is 2.75. The van der Waals surface area contributed by atoms with Crippen molar-refractivity contribution in [2.45, 2.75) is 13.3 Å². The van der Waals surface area contributed by atoms with E-state index in [-0.39, 0.29) is 5.82 Å². The predicted molar refractivity (Wildman–Crippen MR) is 74.2 cm³/mol. The van der Waals surface area contributed by atoms with Crippen LogP contribution in [0.25, 0.3) is 0 Å². The molecule has 0 saturated heterocycles. The summed E-state index contributed by atoms with van der Waals surface area (Å²) in [6, 6.07) is 12.9. The summed E-state index contributed by atoms with van der Waals surface area (Å²) >= 11 is 0. The summed E-state index contributed by atoms with van der Waals surface area (Å²) in [6.45, 7) is 2.83. The van der Waals surface area contributed by atoms with E-state index in [1.165, 1.54) is 23.3 Å². The van der Waals surface area contributed by atoms with Gasteiger partial charge in [-0.3, -0.25) is 0 Å². The second kappa shape index (κ2) is 5.54. The lowest BCUT2D eigenvalue weighted by Gasteiger charge is -2.08. The van der Waals surface area contributed by atoms with Crippen LogP contribution in [0.2, 0.25) is 0 Å². The number of hydrogen-bond donors (Lipinski definition) is 2. The van der Waals surface area contributed by atoms with E-state index in [4.69, 9.17) is 5.73 Å². The Kier molecular flexibility index (Phi) is 3.82. The van der Waals surface area contributed by atoms with Gasteiger partial charge in [0.15, 0.2) is 0 Å². The summed E-state index contributed by atoms with van der Waals surface area (Å²) < 4.78 is 13.1. The van der Waals surface area contributed by atoms with Gasteiger partial charge in [0.05, 0.1) is 0 Å². The molecule has 0 aliphatic carbocycles. The molecule has 2 rings (SSSR count). The van der Waals surface area contributed by atoms with Crippen LogP contribution in [0.3, 0.4) is 0 Å². The highest BCUT2D eigenvalue weighted by atomic mass is 19.1. The van der Waals surface area contributed by atoms with Crippen LogP contribution < -0.4 is 11.1 Å². The Bertz CT molecular complexity index is 518. The Labute approximate surface area is 107 Å². The van der Waals surface area contributed by atoms with Crippen molar-refractivity contribution in [3.8, 4) is 0 Å². The first-order valence-electron chi connectivity index (χ1n) is 5.99. The molecule has 0 aromatic heterocycles. The average molecular weight is 244 g/mol. The number of benzene rings is 2. The third-order valence-electron chi connectivity index (χ3n) is 2.75. The lowest BCUT2D eigenvalue weighted by Crippen LogP contribution is -2.05. The number of nitrogens with two attached hydrogens (primary N) is 1. The van der Waals surface area contributed by atoms with Crippen molar-refractivity contribution in [3.05, 3.63) is 59.4 Å². The fraction of sp³-hybridized carbons (Fsp3) is 0.200. The molecule has 3 heteroatoms. The van der Waals surface area contributed by atoms with Gasteiger partial charge in [-0.1, -0.05) is 29.8 Å². The maximum atomic E-state index is 13.1. The summed E-state index contributed by atoms with van der Waals surface area (Å²) in [4.78, 5) is 0. The van der Waals surface area contributed by atoms with E-state index in [0.717, 1.165) is 18.7 Å². The van der Waals surface area contributed by atoms with E-state index in [2.05, 4.69) is 30.4 Å². The molecule has 94 valence electrons. The Morgan fingerprint density at radius 1 is 1.17 bits per heavy atom. The van der Waals surface area contributed by atoms with E-state index >= 15 is 0 Å². The highest BCUT2D eigenvalue weighted by Crippen LogP contribution is 2.15. The SMILES string of the molecule is Cc1cccc(CCNc2cc(N)cc(F)c2)c1. The number of halogens is 1. The third kappa shape index (κ3) is 3.48. The van der Waals surface area contributed by atoms with Crippen LogP contribution in [0.1, 0.15) is 11.1 Å². The van der Waals surface area contributed by atoms with Crippen LogP contribution in [-0.4, -0.2) is 6.54 Å². The molecule has 0 heterocycles. The predicted octanol–water partition coefficient (Wildman–Crippen LogP) is 3.37. The maximum Gasteiger partial charge on any atom is 0.127 e. The molecule has 0 spiro atoms. The second-order valence-electron chi connectivity index (χ2n) is 4.44. The maximum absolute atomic E-state index is 13.1. The minimum Gasteiger partial charge on any atom is -0.399 e. The summed E-state index contributed by atoms with van der Waals surface area (Å²) in [7, 11) is 0. The molecule has 0 radical (unpaired) electrons. The molecule has 2 aromatic rings. The molecule has 0 aliphatic heterocycles. The lowest BCUT2D eigenvalue weighted by molar-refractivity contribution is 0.629. The smallest absolute Gasteiger partial charge is 0.127 e. The molecule has 0 saturated carbocycles. The van der Waals surface area contributed by atoms with Crippen LogP contribution >= 0.6 is 0 Å². The van der Waals surface area contributed by atoms with E-state index in [1.807, 2.05) is 6.07 Å². The molecule has 2 aromatic carbocycles. The van der Waals surface area contributed by atoms with Crippen molar-refractivity contribution in [1.82, 2.24) is 0 Å². The number of nitrogen functional groups attached to an aromatic ring is 1. The highest BCUT2D eigenvalue weighted by molar-refractivity contribution is 5.54. The first-order valence-corrected chi connectivity index (χ1v) is 5.99. The monoisotopic (exact) mass is 244 g/mol. The van der Waals surface area contributed by atoms with Crippen LogP contribution in [0.4, 0.5) is 15.8 Å². The zero-order chi connectivity index (χ0) is 13.0. The highest BCUT2D eigenvalue weighted by Gasteiger charge is 1.98. The van der Waals surface area contributed by atoms with Gasteiger partial charge in [0.25, 0.3) is 0 Å². The minimum absolute atomic E-state index is 0.312. The van der Waals surface area contributed by atoms with Crippen molar-refractivity contribution in [2.75, 3.05) is 17.6 Å². The van der Waals surface area contributed by atoms with Gasteiger partial charge >= 0.3 is 0 Å². The van der Waals surface area contributed by atoms with Crippen molar-refractivity contribution in [2.24, 2.45) is 0 Å². The summed E-state index contributed by atoms with van der Waals surface area (Å²) in [6.07, 6.45) is 0.901. The van der Waals surface area contributed by atoms with Crippen LogP contribution in [0.5, 0.6) is 0 Å². The summed E-state index contributed by atoms with van der Waals surface area (Å²) in [5.41, 5.74) is 9.27. The molecule has 0 amide bonds. The van der Waals surface area contributed by atoms with E-state index < -0.39 is 0 Å². The van der Waals surface area contributed by atoms with E-state index in [0.29, 0.717) is 5.69 Å². The van der Waals surface area contributed by atoms with E-state index in [9.17, 15) is 4.39 Å². The minimum atomic E-state index is -0.312. The second-order valence-corrected chi connectivity index (χ2v) is 4.44. The molecule has 0 atom stereocenters.